The lowest BCUT2D eigenvalue weighted by molar-refractivity contribution is 0.0231. The predicted octanol–water partition coefficient (Wildman–Crippen LogP) is 4.20. The van der Waals surface area contributed by atoms with E-state index in [1.807, 2.05) is 18.2 Å². The third-order valence-corrected chi connectivity index (χ3v) is 9.46. The average molecular weight is 582 g/mol. The van der Waals surface area contributed by atoms with Gasteiger partial charge in [0.2, 0.25) is 0 Å². The fraction of sp³-hybridized carbons (Fsp3) is 0.500. The maximum absolute atomic E-state index is 14.1. The van der Waals surface area contributed by atoms with Gasteiger partial charge in [0.15, 0.2) is 0 Å². The number of nitrogens with zero attached hydrogens (tertiary/aromatic N) is 5. The number of rotatable bonds is 7. The summed E-state index contributed by atoms with van der Waals surface area (Å²) in [6.07, 6.45) is 10.4. The first kappa shape index (κ1) is 27.9. The number of amides is 1. The van der Waals surface area contributed by atoms with Crippen LogP contribution in [0.5, 0.6) is 11.8 Å². The Balaban J connectivity index is 1.17. The molecule has 3 fully saturated rings. The molecule has 3 aromatic rings. The molecular formula is C34H39N5O4. The zero-order valence-electron chi connectivity index (χ0n) is 24.8. The van der Waals surface area contributed by atoms with E-state index in [0.717, 1.165) is 87.7 Å². The van der Waals surface area contributed by atoms with Crippen LogP contribution in [0.1, 0.15) is 59.8 Å². The van der Waals surface area contributed by atoms with E-state index in [9.17, 15) is 9.90 Å². The summed E-state index contributed by atoms with van der Waals surface area (Å²) in [7, 11) is 0. The zero-order valence-corrected chi connectivity index (χ0v) is 24.8. The quantitative estimate of drug-likeness (QED) is 0.416. The summed E-state index contributed by atoms with van der Waals surface area (Å²) in [5, 5.41) is 11.9. The number of anilines is 1. The SMILES string of the molecule is C#Cc1cccc2cc(O)cc(C(=O)N3Cc4nc(OCC5(CN6CCOCC6)CC5)nc(N5CCCC(C)C5)c4C3)c12. The number of terminal acetylenes is 1. The maximum Gasteiger partial charge on any atom is 0.318 e. The monoisotopic (exact) mass is 581 g/mol. The summed E-state index contributed by atoms with van der Waals surface area (Å²) in [5.41, 5.74) is 2.97. The molecule has 9 heteroatoms. The third-order valence-electron chi connectivity index (χ3n) is 9.46. The Kier molecular flexibility index (Phi) is 7.36. The second-order valence-electron chi connectivity index (χ2n) is 12.8. The highest BCUT2D eigenvalue weighted by atomic mass is 16.5. The molecule has 9 nitrogen and oxygen atoms in total. The molecule has 0 spiro atoms. The van der Waals surface area contributed by atoms with Crippen molar-refractivity contribution >= 4 is 22.5 Å². The van der Waals surface area contributed by atoms with Crippen molar-refractivity contribution < 1.29 is 19.4 Å². The van der Waals surface area contributed by atoms with E-state index in [0.29, 0.717) is 48.1 Å². The van der Waals surface area contributed by atoms with Crippen molar-refractivity contribution in [2.75, 3.05) is 57.4 Å². The van der Waals surface area contributed by atoms with E-state index in [1.165, 1.54) is 12.5 Å². The van der Waals surface area contributed by atoms with Gasteiger partial charge < -0.3 is 24.4 Å². The normalized spacial score (nSPS) is 21.4. The average Bonchev–Trinajstić information content (AvgIpc) is 3.64. The maximum atomic E-state index is 14.1. The van der Waals surface area contributed by atoms with E-state index in [2.05, 4.69) is 22.6 Å². The Hall–Kier alpha value is -3.87. The first-order chi connectivity index (χ1) is 20.9. The van der Waals surface area contributed by atoms with Gasteiger partial charge in [-0.25, -0.2) is 0 Å². The van der Waals surface area contributed by atoms with Gasteiger partial charge in [0.1, 0.15) is 11.6 Å². The highest BCUT2D eigenvalue weighted by Crippen LogP contribution is 2.47. The van der Waals surface area contributed by atoms with Crippen molar-refractivity contribution in [3.63, 3.8) is 0 Å². The highest BCUT2D eigenvalue weighted by Gasteiger charge is 2.45. The van der Waals surface area contributed by atoms with Gasteiger partial charge in [-0.05, 0) is 55.2 Å². The highest BCUT2D eigenvalue weighted by molar-refractivity contribution is 6.09. The van der Waals surface area contributed by atoms with Crippen molar-refractivity contribution in [3.05, 3.63) is 52.7 Å². The molecule has 1 N–H and O–H groups in total. The van der Waals surface area contributed by atoms with Gasteiger partial charge >= 0.3 is 6.01 Å². The van der Waals surface area contributed by atoms with Crippen molar-refractivity contribution in [3.8, 4) is 24.1 Å². The molecule has 1 aliphatic carbocycles. The lowest BCUT2D eigenvalue weighted by Crippen LogP contribution is -2.41. The van der Waals surface area contributed by atoms with E-state index >= 15 is 0 Å². The molecule has 0 radical (unpaired) electrons. The van der Waals surface area contributed by atoms with Crippen LogP contribution in [0.4, 0.5) is 5.82 Å². The largest absolute Gasteiger partial charge is 0.508 e. The molecular weight excluding hydrogens is 542 g/mol. The Labute approximate surface area is 252 Å². The molecule has 2 saturated heterocycles. The number of carbonyl (C=O) groups excluding carboxylic acids is 1. The molecule has 1 atom stereocenters. The number of hydrogen-bond acceptors (Lipinski definition) is 8. The standard InChI is InChI=1S/C34H39N5O4/c1-3-24-7-4-8-25-16-26(40)17-27(30(24)25)32(41)39-19-28-29(20-39)35-33(36-31(28)38-11-5-6-23(2)18-38)43-22-34(9-10-34)21-37-12-14-42-15-13-37/h1,4,7-8,16-17,23,40H,5-6,9-15,18-22H2,2H3. The number of carbonyl (C=O) groups is 1. The Bertz CT molecular complexity index is 1590. The molecule has 1 saturated carbocycles. The summed E-state index contributed by atoms with van der Waals surface area (Å²) in [4.78, 5) is 30.5. The fourth-order valence-electron chi connectivity index (χ4n) is 6.91. The molecule has 43 heavy (non-hydrogen) atoms. The van der Waals surface area contributed by atoms with E-state index in [4.69, 9.17) is 25.9 Å². The molecule has 1 unspecified atom stereocenters. The molecule has 1 aromatic heterocycles. The van der Waals surface area contributed by atoms with Gasteiger partial charge in [0.05, 0.1) is 44.2 Å². The Morgan fingerprint density at radius 3 is 2.79 bits per heavy atom. The number of piperidine rings is 1. The lowest BCUT2D eigenvalue weighted by Gasteiger charge is -2.33. The molecule has 4 heterocycles. The van der Waals surface area contributed by atoms with Crippen LogP contribution in [-0.2, 0) is 17.8 Å². The van der Waals surface area contributed by atoms with Crippen LogP contribution >= 0.6 is 0 Å². The third kappa shape index (κ3) is 5.62. The minimum Gasteiger partial charge on any atom is -0.508 e. The molecule has 4 aliphatic rings. The number of hydrogen-bond donors (Lipinski definition) is 1. The molecule has 224 valence electrons. The van der Waals surface area contributed by atoms with Gasteiger partial charge in [0, 0.05) is 54.7 Å². The molecule has 3 aliphatic heterocycles. The number of aromatic nitrogens is 2. The summed E-state index contributed by atoms with van der Waals surface area (Å²) in [6, 6.07) is 9.08. The molecule has 1 amide bonds. The Morgan fingerprint density at radius 2 is 2.02 bits per heavy atom. The number of phenols is 1. The smallest absolute Gasteiger partial charge is 0.318 e. The first-order valence-corrected chi connectivity index (χ1v) is 15.5. The number of aromatic hydroxyl groups is 1. The first-order valence-electron chi connectivity index (χ1n) is 15.5. The van der Waals surface area contributed by atoms with Crippen molar-refractivity contribution in [2.45, 2.75) is 45.7 Å². The minimum atomic E-state index is -0.190. The van der Waals surface area contributed by atoms with Gasteiger partial charge in [-0.3, -0.25) is 9.69 Å². The van der Waals surface area contributed by atoms with Crippen molar-refractivity contribution in [1.29, 1.82) is 0 Å². The van der Waals surface area contributed by atoms with Crippen LogP contribution in [0.15, 0.2) is 30.3 Å². The number of phenolic OH excluding ortho intramolecular Hbond substituents is 1. The topological polar surface area (TPSA) is 91.3 Å². The van der Waals surface area contributed by atoms with E-state index in [1.54, 1.807) is 11.0 Å². The van der Waals surface area contributed by atoms with Crippen LogP contribution in [0.3, 0.4) is 0 Å². The molecule has 2 aromatic carbocycles. The van der Waals surface area contributed by atoms with Crippen molar-refractivity contribution in [2.24, 2.45) is 11.3 Å². The molecule has 7 rings (SSSR count). The van der Waals surface area contributed by atoms with Gasteiger partial charge in [-0.2, -0.15) is 9.97 Å². The Morgan fingerprint density at radius 1 is 1.19 bits per heavy atom. The number of fused-ring (bicyclic) bond motifs is 2. The van der Waals surface area contributed by atoms with Crippen molar-refractivity contribution in [1.82, 2.24) is 19.8 Å². The van der Waals surface area contributed by atoms with Gasteiger partial charge in [0.25, 0.3) is 5.91 Å². The number of ether oxygens (including phenoxy) is 2. The van der Waals surface area contributed by atoms with E-state index in [-0.39, 0.29) is 17.1 Å². The van der Waals surface area contributed by atoms with Gasteiger partial charge in [-0.1, -0.05) is 25.0 Å². The second kappa shape index (κ2) is 11.3. The van der Waals surface area contributed by atoms with Crippen LogP contribution < -0.4 is 9.64 Å². The summed E-state index contributed by atoms with van der Waals surface area (Å²) < 4.78 is 11.9. The summed E-state index contributed by atoms with van der Waals surface area (Å²) >= 11 is 0. The second-order valence-corrected chi connectivity index (χ2v) is 12.8. The number of morpholine rings is 1. The summed E-state index contributed by atoms with van der Waals surface area (Å²) in [5.74, 6) is 3.99. The van der Waals surface area contributed by atoms with Crippen LogP contribution in [0.25, 0.3) is 10.8 Å². The van der Waals surface area contributed by atoms with Crippen LogP contribution in [-0.4, -0.2) is 83.3 Å². The lowest BCUT2D eigenvalue weighted by atomic mass is 9.98. The predicted molar refractivity (Wildman–Crippen MR) is 164 cm³/mol. The zero-order chi connectivity index (χ0) is 29.6. The van der Waals surface area contributed by atoms with Crippen LogP contribution in [0.2, 0.25) is 0 Å². The number of benzene rings is 2. The van der Waals surface area contributed by atoms with Gasteiger partial charge in [-0.15, -0.1) is 6.42 Å². The van der Waals surface area contributed by atoms with Crippen LogP contribution in [0, 0.1) is 23.7 Å². The minimum absolute atomic E-state index is 0.0336. The molecule has 0 bridgehead atoms. The fourth-order valence-corrected chi connectivity index (χ4v) is 6.91. The summed E-state index contributed by atoms with van der Waals surface area (Å²) in [6.45, 7) is 9.97. The van der Waals surface area contributed by atoms with E-state index < -0.39 is 0 Å².